The van der Waals surface area contributed by atoms with E-state index in [2.05, 4.69) is 10.1 Å². The number of dihydropyridines is 1. The van der Waals surface area contributed by atoms with Crippen molar-refractivity contribution in [3.8, 4) is 10.4 Å². The van der Waals surface area contributed by atoms with E-state index in [1.165, 1.54) is 11.3 Å². The summed E-state index contributed by atoms with van der Waals surface area (Å²) in [6.07, 6.45) is -0.989. The van der Waals surface area contributed by atoms with Crippen LogP contribution in [-0.4, -0.2) is 18.2 Å². The molecule has 1 aliphatic heterocycles. The minimum Gasteiger partial charge on any atom is -0.437 e. The van der Waals surface area contributed by atoms with Crippen molar-refractivity contribution < 1.29 is 19.2 Å². The van der Waals surface area contributed by atoms with Crippen LogP contribution in [0, 0.1) is 10.1 Å². The van der Waals surface area contributed by atoms with Crippen molar-refractivity contribution in [3.63, 3.8) is 0 Å². The van der Waals surface area contributed by atoms with Gasteiger partial charge in [0.15, 0.2) is 5.43 Å². The predicted molar refractivity (Wildman–Crippen MR) is 125 cm³/mol. The number of allylic oxidation sites excluding steroid dienone is 2. The molecule has 4 rings (SSSR count). The van der Waals surface area contributed by atoms with Crippen LogP contribution in [0.2, 0.25) is 0 Å². The van der Waals surface area contributed by atoms with E-state index in [0.717, 1.165) is 17.6 Å². The SMILES string of the molecule is COC(=O)OC1=C(C)NC(C)=C([N+](=O)[O-])C1c1cccc2c(=O)cc(-c3ccccc3)sc12. The van der Waals surface area contributed by atoms with Gasteiger partial charge in [0, 0.05) is 21.0 Å². The topological polar surface area (TPSA) is 108 Å². The van der Waals surface area contributed by atoms with E-state index in [4.69, 9.17) is 4.74 Å². The number of hydrogen-bond acceptors (Lipinski definition) is 8. The van der Waals surface area contributed by atoms with Crippen molar-refractivity contribution in [3.05, 3.63) is 103 Å². The van der Waals surface area contributed by atoms with Crippen molar-refractivity contribution in [2.24, 2.45) is 0 Å². The average Bonchev–Trinajstić information content (AvgIpc) is 2.80. The Balaban J connectivity index is 2.02. The lowest BCUT2D eigenvalue weighted by atomic mass is 9.88. The molecule has 9 heteroatoms. The Kier molecular flexibility index (Phi) is 5.97. The van der Waals surface area contributed by atoms with E-state index in [0.29, 0.717) is 27.0 Å². The number of carbonyl (C=O) groups excluding carboxylic acids is 1. The highest BCUT2D eigenvalue weighted by atomic mass is 32.1. The molecule has 1 aliphatic rings. The van der Waals surface area contributed by atoms with E-state index in [1.54, 1.807) is 38.1 Å². The standard InChI is InChI=1S/C24H20N2O6S/c1-13-21(26(29)30)20(22(14(2)25-13)32-24(28)31-3)17-11-7-10-16-18(27)12-19(33-23(16)17)15-8-5-4-6-9-15/h4-12,20,25H,1-3H3. The molecule has 1 aromatic heterocycles. The van der Waals surface area contributed by atoms with Gasteiger partial charge in [0.1, 0.15) is 11.7 Å². The van der Waals surface area contributed by atoms with Crippen LogP contribution in [0.15, 0.2) is 82.2 Å². The fourth-order valence-electron chi connectivity index (χ4n) is 3.93. The van der Waals surface area contributed by atoms with E-state index in [9.17, 15) is 19.7 Å². The van der Waals surface area contributed by atoms with Crippen LogP contribution >= 0.6 is 11.3 Å². The monoisotopic (exact) mass is 464 g/mol. The van der Waals surface area contributed by atoms with E-state index >= 15 is 0 Å². The van der Waals surface area contributed by atoms with Gasteiger partial charge in [0.05, 0.1) is 23.4 Å². The molecule has 1 atom stereocenters. The third kappa shape index (κ3) is 4.10. The van der Waals surface area contributed by atoms with E-state index < -0.39 is 17.0 Å². The van der Waals surface area contributed by atoms with Gasteiger partial charge in [0.25, 0.3) is 5.70 Å². The van der Waals surface area contributed by atoms with Gasteiger partial charge in [-0.1, -0.05) is 42.5 Å². The summed E-state index contributed by atoms with van der Waals surface area (Å²) in [5, 5.41) is 15.5. The first-order valence-electron chi connectivity index (χ1n) is 10.0. The molecular weight excluding hydrogens is 444 g/mol. The fourth-order valence-corrected chi connectivity index (χ4v) is 5.16. The second kappa shape index (κ2) is 8.87. The number of carbonyl (C=O) groups is 1. The molecule has 2 heterocycles. The molecule has 0 amide bonds. The molecule has 168 valence electrons. The average molecular weight is 464 g/mol. The molecule has 33 heavy (non-hydrogen) atoms. The highest BCUT2D eigenvalue weighted by molar-refractivity contribution is 7.21. The quantitative estimate of drug-likeness (QED) is 0.324. The Hall–Kier alpha value is -3.98. The van der Waals surface area contributed by atoms with Crippen LogP contribution in [0.4, 0.5) is 4.79 Å². The van der Waals surface area contributed by atoms with Crippen molar-refractivity contribution >= 4 is 27.6 Å². The number of hydrogen-bond donors (Lipinski definition) is 1. The Morgan fingerprint density at radius 2 is 1.82 bits per heavy atom. The number of benzene rings is 2. The molecule has 0 spiro atoms. The number of nitro groups is 1. The first kappa shape index (κ1) is 22.2. The molecular formula is C24H20N2O6S. The third-order valence-electron chi connectivity index (χ3n) is 5.38. The summed E-state index contributed by atoms with van der Waals surface area (Å²) in [6.45, 7) is 3.25. The molecule has 0 bridgehead atoms. The summed E-state index contributed by atoms with van der Waals surface area (Å²) >= 11 is 1.36. The minimum atomic E-state index is -1.02. The van der Waals surface area contributed by atoms with Crippen molar-refractivity contribution in [2.75, 3.05) is 7.11 Å². The van der Waals surface area contributed by atoms with Gasteiger partial charge in [-0.3, -0.25) is 14.9 Å². The van der Waals surface area contributed by atoms with E-state index in [-0.39, 0.29) is 16.9 Å². The third-order valence-corrected chi connectivity index (χ3v) is 6.61. The summed E-state index contributed by atoms with van der Waals surface area (Å²) < 4.78 is 10.6. The van der Waals surface area contributed by atoms with Crippen molar-refractivity contribution in [2.45, 2.75) is 19.8 Å². The van der Waals surface area contributed by atoms with Crippen molar-refractivity contribution in [1.82, 2.24) is 5.32 Å². The smallest absolute Gasteiger partial charge is 0.437 e. The fraction of sp³-hybridized carbons (Fsp3) is 0.167. The maximum absolute atomic E-state index is 13.0. The van der Waals surface area contributed by atoms with Gasteiger partial charge in [-0.2, -0.15) is 0 Å². The summed E-state index contributed by atoms with van der Waals surface area (Å²) in [5.74, 6) is -0.970. The number of ether oxygens (including phenoxy) is 2. The lowest BCUT2D eigenvalue weighted by molar-refractivity contribution is -0.431. The minimum absolute atomic E-state index is 0.0522. The maximum Gasteiger partial charge on any atom is 0.513 e. The molecule has 0 saturated carbocycles. The molecule has 8 nitrogen and oxygen atoms in total. The lowest BCUT2D eigenvalue weighted by Crippen LogP contribution is -2.30. The van der Waals surface area contributed by atoms with Crippen molar-refractivity contribution in [1.29, 1.82) is 0 Å². The normalized spacial score (nSPS) is 15.9. The summed E-state index contributed by atoms with van der Waals surface area (Å²) in [5.41, 5.74) is 1.76. The number of nitrogens with zero attached hydrogens (tertiary/aromatic N) is 1. The van der Waals surface area contributed by atoms with Gasteiger partial charge >= 0.3 is 6.16 Å². The first-order chi connectivity index (χ1) is 15.8. The molecule has 0 fully saturated rings. The second-order valence-corrected chi connectivity index (χ2v) is 8.49. The second-order valence-electron chi connectivity index (χ2n) is 7.44. The molecule has 0 radical (unpaired) electrons. The Bertz CT molecular complexity index is 1390. The summed E-state index contributed by atoms with van der Waals surface area (Å²) in [6, 6.07) is 16.1. The maximum atomic E-state index is 13.0. The number of methoxy groups -OCH3 is 1. The van der Waals surface area contributed by atoms with Crippen LogP contribution in [0.5, 0.6) is 0 Å². The first-order valence-corrected chi connectivity index (χ1v) is 10.8. The van der Waals surface area contributed by atoms with Gasteiger partial charge in [-0.05, 0) is 31.0 Å². The zero-order valence-electron chi connectivity index (χ0n) is 18.1. The van der Waals surface area contributed by atoms with Crippen LogP contribution in [-0.2, 0) is 9.47 Å². The molecule has 1 N–H and O–H groups in total. The van der Waals surface area contributed by atoms with E-state index in [1.807, 2.05) is 30.3 Å². The van der Waals surface area contributed by atoms with Gasteiger partial charge in [0.2, 0.25) is 0 Å². The number of rotatable bonds is 4. The van der Waals surface area contributed by atoms with Gasteiger partial charge in [-0.25, -0.2) is 4.79 Å². The van der Waals surface area contributed by atoms with Crippen LogP contribution in [0.25, 0.3) is 20.5 Å². The lowest BCUT2D eigenvalue weighted by Gasteiger charge is -2.27. The molecule has 2 aromatic carbocycles. The van der Waals surface area contributed by atoms with Crippen LogP contribution < -0.4 is 10.7 Å². The zero-order chi connectivity index (χ0) is 23.7. The zero-order valence-corrected chi connectivity index (χ0v) is 18.9. The number of fused-ring (bicyclic) bond motifs is 1. The van der Waals surface area contributed by atoms with Gasteiger partial charge < -0.3 is 14.8 Å². The van der Waals surface area contributed by atoms with Gasteiger partial charge in [-0.15, -0.1) is 11.3 Å². The highest BCUT2D eigenvalue weighted by Crippen LogP contribution is 2.43. The Morgan fingerprint density at radius 3 is 2.48 bits per heavy atom. The van der Waals surface area contributed by atoms with Crippen LogP contribution in [0.3, 0.4) is 0 Å². The predicted octanol–water partition coefficient (Wildman–Crippen LogP) is 5.14. The molecule has 0 saturated heterocycles. The Morgan fingerprint density at radius 1 is 1.09 bits per heavy atom. The summed E-state index contributed by atoms with van der Waals surface area (Å²) in [7, 11) is 1.16. The Labute approximate surface area is 192 Å². The summed E-state index contributed by atoms with van der Waals surface area (Å²) in [4.78, 5) is 37.3. The largest absolute Gasteiger partial charge is 0.513 e. The van der Waals surface area contributed by atoms with Crippen LogP contribution in [0.1, 0.15) is 25.3 Å². The molecule has 0 aliphatic carbocycles. The molecule has 3 aromatic rings. The molecule has 1 unspecified atom stereocenters. The highest BCUT2D eigenvalue weighted by Gasteiger charge is 2.41. The number of nitrogens with one attached hydrogen (secondary N) is 1.